The van der Waals surface area contributed by atoms with Crippen LogP contribution >= 0.6 is 0 Å². The molecule has 132 valence electrons. The van der Waals surface area contributed by atoms with Crippen LogP contribution in [0.5, 0.6) is 0 Å². The summed E-state index contributed by atoms with van der Waals surface area (Å²) in [5.41, 5.74) is 0.999. The number of carbonyl (C=O) groups is 2. The fourth-order valence-electron chi connectivity index (χ4n) is 1.93. The lowest BCUT2D eigenvalue weighted by atomic mass is 10.1. The zero-order valence-electron chi connectivity index (χ0n) is 14.5. The van der Waals surface area contributed by atoms with Gasteiger partial charge in [0.1, 0.15) is 5.82 Å². The van der Waals surface area contributed by atoms with E-state index in [1.165, 1.54) is 6.07 Å². The predicted molar refractivity (Wildman–Crippen MR) is 95.0 cm³/mol. The lowest BCUT2D eigenvalue weighted by Crippen LogP contribution is -2.44. The fraction of sp³-hybridized carbons (Fsp3) is 0.294. The van der Waals surface area contributed by atoms with Crippen LogP contribution in [0.4, 0.5) is 5.82 Å². The third kappa shape index (κ3) is 5.45. The standard InChI is InChI=1S/C17H21N5O3/c1-10-5-7-11(8-6-10)14(23)19-16(20-17(2,3)4)18-13-9-12(15(24)25)21-22-13/h5-9H,1-4H3,(H,24,25)(H3,18,19,20,21,22,23). The Morgan fingerprint density at radius 1 is 1.20 bits per heavy atom. The molecule has 0 aliphatic rings. The van der Waals surface area contributed by atoms with Gasteiger partial charge < -0.3 is 15.7 Å². The smallest absolute Gasteiger partial charge is 0.356 e. The third-order valence-electron chi connectivity index (χ3n) is 3.06. The Hall–Kier alpha value is -3.16. The van der Waals surface area contributed by atoms with Crippen LogP contribution in [-0.2, 0) is 0 Å². The van der Waals surface area contributed by atoms with Gasteiger partial charge in [-0.3, -0.25) is 9.89 Å². The average Bonchev–Trinajstić information content (AvgIpc) is 2.94. The quantitative estimate of drug-likeness (QED) is 0.502. The second-order valence-corrected chi connectivity index (χ2v) is 6.60. The Bertz CT molecular complexity index is 800. The van der Waals surface area contributed by atoms with Crippen molar-refractivity contribution in [1.82, 2.24) is 15.5 Å². The molecule has 0 aliphatic carbocycles. The van der Waals surface area contributed by atoms with E-state index in [9.17, 15) is 9.59 Å². The molecule has 0 atom stereocenters. The molecule has 4 N–H and O–H groups in total. The second kappa shape index (κ2) is 7.16. The van der Waals surface area contributed by atoms with Crippen LogP contribution in [0.2, 0.25) is 0 Å². The largest absolute Gasteiger partial charge is 0.476 e. The number of aliphatic imine (C=N–C) groups is 1. The van der Waals surface area contributed by atoms with Crippen LogP contribution in [-0.4, -0.2) is 38.7 Å². The number of carboxylic acids is 1. The Morgan fingerprint density at radius 2 is 1.84 bits per heavy atom. The van der Waals surface area contributed by atoms with E-state index in [1.807, 2.05) is 39.8 Å². The van der Waals surface area contributed by atoms with Gasteiger partial charge in [-0.25, -0.2) is 4.79 Å². The van der Waals surface area contributed by atoms with E-state index in [-0.39, 0.29) is 17.2 Å². The van der Waals surface area contributed by atoms with Crippen molar-refractivity contribution >= 4 is 23.7 Å². The summed E-state index contributed by atoms with van der Waals surface area (Å²) in [6.07, 6.45) is 0. The van der Waals surface area contributed by atoms with Gasteiger partial charge in [-0.05, 0) is 39.8 Å². The van der Waals surface area contributed by atoms with Crippen molar-refractivity contribution in [3.05, 3.63) is 47.2 Å². The molecule has 0 saturated heterocycles. The minimum Gasteiger partial charge on any atom is -0.476 e. The molecule has 0 aliphatic heterocycles. The van der Waals surface area contributed by atoms with Crippen molar-refractivity contribution in [1.29, 1.82) is 0 Å². The molecule has 0 saturated carbocycles. The van der Waals surface area contributed by atoms with E-state index in [0.717, 1.165) is 5.56 Å². The zero-order valence-corrected chi connectivity index (χ0v) is 14.5. The summed E-state index contributed by atoms with van der Waals surface area (Å²) in [7, 11) is 0. The highest BCUT2D eigenvalue weighted by Crippen LogP contribution is 2.09. The number of carboxylic acid groups (broad SMARTS) is 1. The van der Waals surface area contributed by atoms with Crippen molar-refractivity contribution in [3.8, 4) is 0 Å². The molecule has 2 aromatic rings. The van der Waals surface area contributed by atoms with Crippen molar-refractivity contribution < 1.29 is 14.7 Å². The van der Waals surface area contributed by atoms with Crippen LogP contribution in [0.1, 0.15) is 47.2 Å². The van der Waals surface area contributed by atoms with Crippen molar-refractivity contribution in [2.24, 2.45) is 4.99 Å². The molecule has 0 radical (unpaired) electrons. The Kier molecular flexibility index (Phi) is 5.21. The van der Waals surface area contributed by atoms with Crippen LogP contribution in [0.15, 0.2) is 35.3 Å². The number of benzene rings is 1. The first kappa shape index (κ1) is 18.2. The summed E-state index contributed by atoms with van der Waals surface area (Å²) >= 11 is 0. The Morgan fingerprint density at radius 3 is 2.36 bits per heavy atom. The van der Waals surface area contributed by atoms with E-state index >= 15 is 0 Å². The van der Waals surface area contributed by atoms with Gasteiger partial charge in [0.15, 0.2) is 5.69 Å². The molecule has 0 fully saturated rings. The number of carbonyl (C=O) groups excluding carboxylic acids is 1. The van der Waals surface area contributed by atoms with Gasteiger partial charge in [0.05, 0.1) is 0 Å². The summed E-state index contributed by atoms with van der Waals surface area (Å²) in [6, 6.07) is 8.39. The number of guanidine groups is 1. The van der Waals surface area contributed by atoms with Crippen molar-refractivity contribution in [2.45, 2.75) is 33.2 Å². The summed E-state index contributed by atoms with van der Waals surface area (Å²) < 4.78 is 0. The maximum absolute atomic E-state index is 12.4. The molecule has 0 bridgehead atoms. The van der Waals surface area contributed by atoms with Crippen molar-refractivity contribution in [2.75, 3.05) is 5.32 Å². The van der Waals surface area contributed by atoms with Crippen LogP contribution < -0.4 is 10.6 Å². The first-order valence-corrected chi connectivity index (χ1v) is 7.67. The molecule has 1 heterocycles. The van der Waals surface area contributed by atoms with Crippen molar-refractivity contribution in [3.63, 3.8) is 0 Å². The van der Waals surface area contributed by atoms with Gasteiger partial charge in [-0.2, -0.15) is 10.1 Å². The second-order valence-electron chi connectivity index (χ2n) is 6.60. The predicted octanol–water partition coefficient (Wildman–Crippen LogP) is 2.41. The summed E-state index contributed by atoms with van der Waals surface area (Å²) in [6.45, 7) is 7.67. The molecule has 25 heavy (non-hydrogen) atoms. The lowest BCUT2D eigenvalue weighted by Gasteiger charge is -2.23. The average molecular weight is 343 g/mol. The molecule has 1 amide bonds. The summed E-state index contributed by atoms with van der Waals surface area (Å²) in [5.74, 6) is -1.07. The van der Waals surface area contributed by atoms with Gasteiger partial charge >= 0.3 is 5.97 Å². The summed E-state index contributed by atoms with van der Waals surface area (Å²) in [4.78, 5) is 27.3. The number of H-pyrrole nitrogens is 1. The maximum atomic E-state index is 12.4. The topological polar surface area (TPSA) is 119 Å². The van der Waals surface area contributed by atoms with E-state index in [0.29, 0.717) is 11.4 Å². The van der Waals surface area contributed by atoms with Crippen LogP contribution in [0.3, 0.4) is 0 Å². The highest BCUT2D eigenvalue weighted by molar-refractivity contribution is 6.06. The molecular formula is C17H21N5O3. The molecule has 0 unspecified atom stereocenters. The first-order chi connectivity index (χ1) is 11.6. The number of aromatic nitrogens is 2. The minimum atomic E-state index is -1.15. The SMILES string of the molecule is Cc1ccc(C(=O)/N=C(\Nc2cc(C(=O)O)n[nH]2)NC(C)(C)C)cc1. The first-order valence-electron chi connectivity index (χ1n) is 7.67. The Balaban J connectivity index is 2.26. The molecule has 1 aromatic heterocycles. The number of aromatic amines is 1. The molecule has 8 heteroatoms. The number of amides is 1. The van der Waals surface area contributed by atoms with Gasteiger partial charge in [-0.15, -0.1) is 0 Å². The number of aryl methyl sites for hydroxylation is 1. The van der Waals surface area contributed by atoms with Crippen LogP contribution in [0, 0.1) is 6.92 Å². The number of hydrogen-bond acceptors (Lipinski definition) is 3. The number of hydrogen-bond donors (Lipinski definition) is 4. The highest BCUT2D eigenvalue weighted by atomic mass is 16.4. The maximum Gasteiger partial charge on any atom is 0.356 e. The number of nitrogens with one attached hydrogen (secondary N) is 3. The normalized spacial score (nSPS) is 11.9. The molecule has 1 aromatic carbocycles. The van der Waals surface area contributed by atoms with Gasteiger partial charge in [0.2, 0.25) is 5.96 Å². The van der Waals surface area contributed by atoms with Gasteiger partial charge in [0, 0.05) is 17.2 Å². The zero-order chi connectivity index (χ0) is 18.6. The van der Waals surface area contributed by atoms with E-state index in [2.05, 4.69) is 25.8 Å². The molecule has 2 rings (SSSR count). The molecule has 8 nitrogen and oxygen atoms in total. The van der Waals surface area contributed by atoms with Crippen LogP contribution in [0.25, 0.3) is 0 Å². The number of anilines is 1. The lowest BCUT2D eigenvalue weighted by molar-refractivity contribution is 0.0690. The van der Waals surface area contributed by atoms with Gasteiger partial charge in [-0.1, -0.05) is 17.7 Å². The summed E-state index contributed by atoms with van der Waals surface area (Å²) in [5, 5.41) is 21.1. The highest BCUT2D eigenvalue weighted by Gasteiger charge is 2.16. The fourth-order valence-corrected chi connectivity index (χ4v) is 1.93. The Labute approximate surface area is 145 Å². The third-order valence-corrected chi connectivity index (χ3v) is 3.06. The minimum absolute atomic E-state index is 0.137. The monoisotopic (exact) mass is 343 g/mol. The number of aromatic carboxylic acids is 1. The number of nitrogens with zero attached hydrogens (tertiary/aromatic N) is 2. The van der Waals surface area contributed by atoms with E-state index in [1.54, 1.807) is 12.1 Å². The van der Waals surface area contributed by atoms with E-state index < -0.39 is 11.9 Å². The van der Waals surface area contributed by atoms with Gasteiger partial charge in [0.25, 0.3) is 5.91 Å². The molecule has 0 spiro atoms. The number of rotatable bonds is 3. The van der Waals surface area contributed by atoms with E-state index in [4.69, 9.17) is 5.11 Å². The molecular weight excluding hydrogens is 322 g/mol.